The summed E-state index contributed by atoms with van der Waals surface area (Å²) < 4.78 is 1.88. The van der Waals surface area contributed by atoms with Crippen molar-refractivity contribution in [3.63, 3.8) is 0 Å². The van der Waals surface area contributed by atoms with E-state index >= 15 is 0 Å². The van der Waals surface area contributed by atoms with Crippen LogP contribution in [0, 0.1) is 0 Å². The van der Waals surface area contributed by atoms with Crippen molar-refractivity contribution < 1.29 is 4.79 Å². The quantitative estimate of drug-likeness (QED) is 0.743. The van der Waals surface area contributed by atoms with Gasteiger partial charge in [-0.1, -0.05) is 0 Å². The summed E-state index contributed by atoms with van der Waals surface area (Å²) in [7, 11) is 0. The minimum atomic E-state index is 0.0138. The Labute approximate surface area is 141 Å². The van der Waals surface area contributed by atoms with E-state index in [0.29, 0.717) is 0 Å². The van der Waals surface area contributed by atoms with Gasteiger partial charge in [0.1, 0.15) is 0 Å². The van der Waals surface area contributed by atoms with E-state index < -0.39 is 0 Å². The number of hydrogen-bond donors (Lipinski definition) is 2. The minimum absolute atomic E-state index is 0.0138. The molecule has 0 unspecified atom stereocenters. The van der Waals surface area contributed by atoms with Crippen LogP contribution in [0.25, 0.3) is 0 Å². The molecule has 0 saturated carbocycles. The topological polar surface area (TPSA) is 41.1 Å². The third-order valence-electron chi connectivity index (χ3n) is 3.39. The van der Waals surface area contributed by atoms with Crippen molar-refractivity contribution in [1.82, 2.24) is 10.6 Å². The highest BCUT2D eigenvalue weighted by molar-refractivity contribution is 9.13. The number of rotatable bonds is 2. The van der Waals surface area contributed by atoms with Crippen molar-refractivity contribution in [3.8, 4) is 0 Å². The highest BCUT2D eigenvalue weighted by Crippen LogP contribution is 2.33. The molecule has 0 radical (unpaired) electrons. The van der Waals surface area contributed by atoms with Gasteiger partial charge >= 0.3 is 0 Å². The number of halogens is 2. The number of amides is 1. The van der Waals surface area contributed by atoms with Crippen molar-refractivity contribution in [1.29, 1.82) is 0 Å². The minimum Gasteiger partial charge on any atom is -0.348 e. The van der Waals surface area contributed by atoms with Gasteiger partial charge in [-0.25, -0.2) is 0 Å². The highest BCUT2D eigenvalue weighted by Gasteiger charge is 2.38. The normalized spacial score (nSPS) is 21.7. The van der Waals surface area contributed by atoms with Gasteiger partial charge < -0.3 is 10.6 Å². The molecule has 2 rings (SSSR count). The molecule has 2 heterocycles. The Hall–Kier alpha value is 0.0900. The number of nitrogens with one attached hydrogen (secondary N) is 2. The molecule has 0 spiro atoms. The van der Waals surface area contributed by atoms with Crippen LogP contribution in [-0.4, -0.2) is 23.0 Å². The maximum atomic E-state index is 12.3. The molecule has 0 aliphatic carbocycles. The van der Waals surface area contributed by atoms with Crippen LogP contribution >= 0.6 is 43.2 Å². The lowest BCUT2D eigenvalue weighted by Gasteiger charge is -2.46. The molecule has 1 amide bonds. The first-order valence-corrected chi connectivity index (χ1v) is 9.03. The van der Waals surface area contributed by atoms with Crippen LogP contribution < -0.4 is 10.6 Å². The van der Waals surface area contributed by atoms with Gasteiger partial charge in [0, 0.05) is 21.6 Å². The molecule has 1 aromatic rings. The third kappa shape index (κ3) is 4.06. The first-order valence-electron chi connectivity index (χ1n) is 6.63. The summed E-state index contributed by atoms with van der Waals surface area (Å²) in [6.45, 7) is 8.74. The second-order valence-electron chi connectivity index (χ2n) is 6.70. The number of carbonyl (C=O) groups excluding carboxylic acids is 1. The van der Waals surface area contributed by atoms with Gasteiger partial charge in [0.15, 0.2) is 0 Å². The summed E-state index contributed by atoms with van der Waals surface area (Å²) in [5.41, 5.74) is 0.0760. The average molecular weight is 424 g/mol. The molecule has 6 heteroatoms. The van der Waals surface area contributed by atoms with Gasteiger partial charge in [-0.05, 0) is 78.5 Å². The fraction of sp³-hybridized carbons (Fsp3) is 0.643. The zero-order valence-electron chi connectivity index (χ0n) is 12.1. The molecule has 1 saturated heterocycles. The number of carbonyl (C=O) groups is 1. The van der Waals surface area contributed by atoms with Crippen LogP contribution in [0.1, 0.15) is 50.2 Å². The van der Waals surface area contributed by atoms with Crippen LogP contribution in [0.4, 0.5) is 0 Å². The summed E-state index contributed by atoms with van der Waals surface area (Å²) in [5.74, 6) is 0.0138. The molecule has 0 aromatic carbocycles. The lowest BCUT2D eigenvalue weighted by atomic mass is 9.79. The van der Waals surface area contributed by atoms with Gasteiger partial charge in [0.25, 0.3) is 5.91 Å². The Bertz CT molecular complexity index is 490. The van der Waals surface area contributed by atoms with Gasteiger partial charge in [0.2, 0.25) is 0 Å². The molecule has 3 nitrogen and oxygen atoms in total. The maximum absolute atomic E-state index is 12.3. The molecule has 2 N–H and O–H groups in total. The van der Waals surface area contributed by atoms with Crippen molar-refractivity contribution in [2.24, 2.45) is 0 Å². The summed E-state index contributed by atoms with van der Waals surface area (Å²) in [6.07, 6.45) is 1.88. The van der Waals surface area contributed by atoms with E-state index in [9.17, 15) is 4.79 Å². The lowest BCUT2D eigenvalue weighted by Crippen LogP contribution is -2.62. The van der Waals surface area contributed by atoms with Crippen LogP contribution in [-0.2, 0) is 0 Å². The Balaban J connectivity index is 2.07. The SMILES string of the molecule is CC1(C)CC(NC(=O)c2cc(Br)c(Br)s2)CC(C)(C)N1. The molecule has 1 aromatic heterocycles. The number of piperidine rings is 1. The van der Waals surface area contributed by atoms with Gasteiger partial charge in [-0.3, -0.25) is 4.79 Å². The monoisotopic (exact) mass is 422 g/mol. The molecule has 20 heavy (non-hydrogen) atoms. The maximum Gasteiger partial charge on any atom is 0.261 e. The van der Waals surface area contributed by atoms with E-state index in [-0.39, 0.29) is 23.0 Å². The molecular formula is C14H20Br2N2OS. The largest absolute Gasteiger partial charge is 0.348 e. The van der Waals surface area contributed by atoms with Crippen LogP contribution in [0.15, 0.2) is 14.3 Å². The molecule has 112 valence electrons. The molecule has 0 bridgehead atoms. The average Bonchev–Trinajstić information content (AvgIpc) is 2.54. The van der Waals surface area contributed by atoms with E-state index in [4.69, 9.17) is 0 Å². The first kappa shape index (κ1) is 16.5. The third-order valence-corrected chi connectivity index (χ3v) is 6.65. The van der Waals surface area contributed by atoms with Crippen LogP contribution in [0.3, 0.4) is 0 Å². The highest BCUT2D eigenvalue weighted by atomic mass is 79.9. The van der Waals surface area contributed by atoms with E-state index in [2.05, 4.69) is 70.2 Å². The standard InChI is InChI=1S/C14H20Br2N2OS/c1-13(2)6-8(7-14(3,4)18-13)17-12(19)10-5-9(15)11(16)20-10/h5,8,18H,6-7H2,1-4H3,(H,17,19). The summed E-state index contributed by atoms with van der Waals surface area (Å²) in [4.78, 5) is 13.1. The van der Waals surface area contributed by atoms with E-state index in [1.165, 1.54) is 11.3 Å². The molecule has 1 aliphatic rings. The predicted molar refractivity (Wildman–Crippen MR) is 91.5 cm³/mol. The second-order valence-corrected chi connectivity index (χ2v) is 9.93. The van der Waals surface area contributed by atoms with Crippen molar-refractivity contribution >= 4 is 49.1 Å². The summed E-state index contributed by atoms with van der Waals surface area (Å²) in [5, 5.41) is 6.80. The summed E-state index contributed by atoms with van der Waals surface area (Å²) in [6, 6.07) is 2.06. The Morgan fingerprint density at radius 2 is 1.85 bits per heavy atom. The second kappa shape index (κ2) is 5.71. The predicted octanol–water partition coefficient (Wildman–Crippen LogP) is 4.31. The molecule has 1 aliphatic heterocycles. The first-order chi connectivity index (χ1) is 9.08. The number of thiophene rings is 1. The van der Waals surface area contributed by atoms with Crippen molar-refractivity contribution in [2.75, 3.05) is 0 Å². The van der Waals surface area contributed by atoms with Crippen LogP contribution in [0.5, 0.6) is 0 Å². The van der Waals surface area contributed by atoms with Crippen molar-refractivity contribution in [3.05, 3.63) is 19.2 Å². The van der Waals surface area contributed by atoms with Crippen molar-refractivity contribution in [2.45, 2.75) is 57.7 Å². The van der Waals surface area contributed by atoms with E-state index in [1.54, 1.807) is 0 Å². The van der Waals surface area contributed by atoms with E-state index in [1.807, 2.05) is 6.07 Å². The smallest absolute Gasteiger partial charge is 0.261 e. The molecule has 1 fully saturated rings. The van der Waals surface area contributed by atoms with Gasteiger partial charge in [0.05, 0.1) is 8.66 Å². The Kier molecular flexibility index (Phi) is 4.70. The van der Waals surface area contributed by atoms with E-state index in [0.717, 1.165) is 26.0 Å². The van der Waals surface area contributed by atoms with Gasteiger partial charge in [-0.2, -0.15) is 0 Å². The fourth-order valence-electron chi connectivity index (χ4n) is 3.14. The summed E-state index contributed by atoms with van der Waals surface area (Å²) >= 11 is 8.30. The van der Waals surface area contributed by atoms with Gasteiger partial charge in [-0.15, -0.1) is 11.3 Å². The Morgan fingerprint density at radius 1 is 1.30 bits per heavy atom. The molecule has 0 atom stereocenters. The fourth-order valence-corrected chi connectivity index (χ4v) is 5.08. The molecular weight excluding hydrogens is 404 g/mol. The zero-order chi connectivity index (χ0) is 15.1. The Morgan fingerprint density at radius 3 is 2.30 bits per heavy atom. The zero-order valence-corrected chi connectivity index (χ0v) is 16.1. The lowest BCUT2D eigenvalue weighted by molar-refractivity contribution is 0.0877. The number of hydrogen-bond acceptors (Lipinski definition) is 3. The van der Waals surface area contributed by atoms with Crippen LogP contribution in [0.2, 0.25) is 0 Å².